The minimum absolute atomic E-state index is 0.0711. The number of carbonyl (C=O) groups is 2. The summed E-state index contributed by atoms with van der Waals surface area (Å²) in [5, 5.41) is 30.8. The molecular weight excluding hydrogens is 274 g/mol. The summed E-state index contributed by atoms with van der Waals surface area (Å²) in [5.74, 6) is -2.76. The number of carboxylic acids is 1. The van der Waals surface area contributed by atoms with E-state index in [9.17, 15) is 19.8 Å². The Morgan fingerprint density at radius 2 is 1.67 bits per heavy atom. The van der Waals surface area contributed by atoms with Crippen molar-refractivity contribution in [3.05, 3.63) is 53.1 Å². The number of nitrogens with one attached hydrogen (secondary N) is 1. The van der Waals surface area contributed by atoms with Gasteiger partial charge >= 0.3 is 5.97 Å². The number of rotatable bonds is 3. The van der Waals surface area contributed by atoms with Gasteiger partial charge in [0.15, 0.2) is 0 Å². The van der Waals surface area contributed by atoms with Crippen LogP contribution in [0.2, 0.25) is 0 Å². The second kappa shape index (κ2) is 5.54. The first-order chi connectivity index (χ1) is 9.90. The molecule has 1 amide bonds. The second-order valence-electron chi connectivity index (χ2n) is 4.48. The fourth-order valence-corrected chi connectivity index (χ4v) is 1.89. The third-order valence-electron chi connectivity index (χ3n) is 2.90. The van der Waals surface area contributed by atoms with Crippen LogP contribution in [-0.2, 0) is 0 Å². The standard InChI is InChI=1S/C15H13NO5/c1-8-5-6-10(9(7-8)15(20)21)16-14(19)13-11(17)3-2-4-12(13)18/h2-7,17-18H,1H3,(H,16,19)(H,20,21). The molecule has 6 heteroatoms. The van der Waals surface area contributed by atoms with Crippen molar-refractivity contribution in [3.8, 4) is 11.5 Å². The fraction of sp³-hybridized carbons (Fsp3) is 0.0667. The Labute approximate surface area is 120 Å². The summed E-state index contributed by atoms with van der Waals surface area (Å²) >= 11 is 0. The molecule has 0 spiro atoms. The zero-order valence-corrected chi connectivity index (χ0v) is 11.1. The van der Waals surface area contributed by atoms with Crippen molar-refractivity contribution in [2.24, 2.45) is 0 Å². The van der Waals surface area contributed by atoms with E-state index in [1.807, 2.05) is 0 Å². The zero-order chi connectivity index (χ0) is 15.6. The van der Waals surface area contributed by atoms with Gasteiger partial charge in [-0.3, -0.25) is 4.79 Å². The first-order valence-electron chi connectivity index (χ1n) is 6.06. The molecule has 0 radical (unpaired) electrons. The summed E-state index contributed by atoms with van der Waals surface area (Å²) in [6, 6.07) is 8.41. The number of carboxylic acid groups (broad SMARTS) is 1. The van der Waals surface area contributed by atoms with Gasteiger partial charge in [-0.25, -0.2) is 4.79 Å². The number of hydrogen-bond donors (Lipinski definition) is 4. The van der Waals surface area contributed by atoms with Crippen molar-refractivity contribution in [2.75, 3.05) is 5.32 Å². The van der Waals surface area contributed by atoms with Gasteiger partial charge in [0.25, 0.3) is 5.91 Å². The van der Waals surface area contributed by atoms with E-state index in [2.05, 4.69) is 5.32 Å². The van der Waals surface area contributed by atoms with Crippen LogP contribution in [0.5, 0.6) is 11.5 Å². The van der Waals surface area contributed by atoms with Gasteiger partial charge in [0.1, 0.15) is 17.1 Å². The van der Waals surface area contributed by atoms with Crippen LogP contribution in [0.4, 0.5) is 5.69 Å². The Bertz CT molecular complexity index is 704. The number of amides is 1. The molecule has 0 atom stereocenters. The molecule has 0 aliphatic heterocycles. The second-order valence-corrected chi connectivity index (χ2v) is 4.48. The SMILES string of the molecule is Cc1ccc(NC(=O)c2c(O)cccc2O)c(C(=O)O)c1. The average Bonchev–Trinajstić information content (AvgIpc) is 2.40. The summed E-state index contributed by atoms with van der Waals surface area (Å²) in [6.45, 7) is 1.73. The molecule has 6 nitrogen and oxygen atoms in total. The van der Waals surface area contributed by atoms with Gasteiger partial charge in [-0.05, 0) is 31.2 Å². The van der Waals surface area contributed by atoms with Crippen LogP contribution < -0.4 is 5.32 Å². The number of anilines is 1. The number of carbonyl (C=O) groups excluding carboxylic acids is 1. The molecule has 0 aliphatic carbocycles. The molecule has 0 heterocycles. The highest BCUT2D eigenvalue weighted by atomic mass is 16.4. The van der Waals surface area contributed by atoms with Gasteiger partial charge in [-0.1, -0.05) is 17.7 Å². The Balaban J connectivity index is 2.39. The minimum atomic E-state index is -1.18. The highest BCUT2D eigenvalue weighted by Crippen LogP contribution is 2.28. The topological polar surface area (TPSA) is 107 Å². The molecule has 4 N–H and O–H groups in total. The van der Waals surface area contributed by atoms with Crippen LogP contribution >= 0.6 is 0 Å². The Hall–Kier alpha value is -3.02. The van der Waals surface area contributed by atoms with E-state index in [0.717, 1.165) is 5.56 Å². The molecule has 2 aromatic carbocycles. The first-order valence-corrected chi connectivity index (χ1v) is 6.06. The molecule has 0 bridgehead atoms. The van der Waals surface area contributed by atoms with E-state index in [0.29, 0.717) is 0 Å². The summed E-state index contributed by atoms with van der Waals surface area (Å²) in [7, 11) is 0. The Morgan fingerprint density at radius 3 is 2.24 bits per heavy atom. The maximum absolute atomic E-state index is 12.1. The van der Waals surface area contributed by atoms with Crippen LogP contribution in [0.3, 0.4) is 0 Å². The van der Waals surface area contributed by atoms with Crippen molar-refractivity contribution in [2.45, 2.75) is 6.92 Å². The van der Waals surface area contributed by atoms with Crippen LogP contribution in [-0.4, -0.2) is 27.2 Å². The van der Waals surface area contributed by atoms with Gasteiger partial charge in [0, 0.05) is 0 Å². The Kier molecular flexibility index (Phi) is 3.80. The van der Waals surface area contributed by atoms with Gasteiger partial charge in [0.05, 0.1) is 11.3 Å². The number of aryl methyl sites for hydroxylation is 1. The smallest absolute Gasteiger partial charge is 0.337 e. The van der Waals surface area contributed by atoms with E-state index in [1.54, 1.807) is 13.0 Å². The maximum atomic E-state index is 12.1. The first kappa shape index (κ1) is 14.4. The molecular formula is C15H13NO5. The van der Waals surface area contributed by atoms with E-state index in [4.69, 9.17) is 5.11 Å². The van der Waals surface area contributed by atoms with E-state index >= 15 is 0 Å². The zero-order valence-electron chi connectivity index (χ0n) is 11.1. The maximum Gasteiger partial charge on any atom is 0.337 e. The summed E-state index contributed by atoms with van der Waals surface area (Å²) < 4.78 is 0. The van der Waals surface area contributed by atoms with Crippen LogP contribution in [0.25, 0.3) is 0 Å². The number of benzene rings is 2. The molecule has 0 saturated carbocycles. The average molecular weight is 287 g/mol. The fourth-order valence-electron chi connectivity index (χ4n) is 1.89. The quantitative estimate of drug-likeness (QED) is 0.693. The van der Waals surface area contributed by atoms with E-state index < -0.39 is 23.4 Å². The lowest BCUT2D eigenvalue weighted by Gasteiger charge is -2.11. The highest BCUT2D eigenvalue weighted by molar-refractivity contribution is 6.10. The number of phenolic OH excluding ortho intramolecular Hbond substituents is 2. The van der Waals surface area contributed by atoms with Crippen molar-refractivity contribution < 1.29 is 24.9 Å². The summed E-state index contributed by atoms with van der Waals surface area (Å²) in [5.41, 5.74) is 0.434. The lowest BCUT2D eigenvalue weighted by molar-refractivity contribution is 0.0698. The predicted octanol–water partition coefficient (Wildman–Crippen LogP) is 2.36. The normalized spacial score (nSPS) is 10.1. The monoisotopic (exact) mass is 287 g/mol. The van der Waals surface area contributed by atoms with Crippen molar-refractivity contribution in [3.63, 3.8) is 0 Å². The lowest BCUT2D eigenvalue weighted by atomic mass is 10.1. The molecule has 21 heavy (non-hydrogen) atoms. The molecule has 0 fully saturated rings. The molecule has 2 aromatic rings. The van der Waals surface area contributed by atoms with Gasteiger partial charge in [0.2, 0.25) is 0 Å². The van der Waals surface area contributed by atoms with Crippen LogP contribution in [0, 0.1) is 6.92 Å². The van der Waals surface area contributed by atoms with Crippen LogP contribution in [0.15, 0.2) is 36.4 Å². The summed E-state index contributed by atoms with van der Waals surface area (Å²) in [6.07, 6.45) is 0. The van der Waals surface area contributed by atoms with Crippen molar-refractivity contribution in [1.29, 1.82) is 0 Å². The molecule has 0 aromatic heterocycles. The number of aromatic hydroxyl groups is 2. The van der Waals surface area contributed by atoms with E-state index in [-0.39, 0.29) is 16.8 Å². The van der Waals surface area contributed by atoms with Crippen molar-refractivity contribution >= 4 is 17.6 Å². The Morgan fingerprint density at radius 1 is 1.05 bits per heavy atom. The molecule has 0 unspecified atom stereocenters. The lowest BCUT2D eigenvalue weighted by Crippen LogP contribution is -2.15. The number of hydrogen-bond acceptors (Lipinski definition) is 4. The van der Waals surface area contributed by atoms with Gasteiger partial charge in [-0.15, -0.1) is 0 Å². The van der Waals surface area contributed by atoms with Gasteiger partial charge < -0.3 is 20.6 Å². The van der Waals surface area contributed by atoms with Crippen molar-refractivity contribution in [1.82, 2.24) is 0 Å². The van der Waals surface area contributed by atoms with Crippen LogP contribution in [0.1, 0.15) is 26.3 Å². The number of phenols is 2. The third-order valence-corrected chi connectivity index (χ3v) is 2.90. The predicted molar refractivity (Wildman–Crippen MR) is 75.9 cm³/mol. The molecule has 2 rings (SSSR count). The third kappa shape index (κ3) is 2.94. The molecule has 108 valence electrons. The summed E-state index contributed by atoms with van der Waals surface area (Å²) in [4.78, 5) is 23.3. The van der Waals surface area contributed by atoms with E-state index in [1.165, 1.54) is 30.3 Å². The molecule has 0 aliphatic rings. The molecule has 0 saturated heterocycles. The largest absolute Gasteiger partial charge is 0.507 e. The number of aromatic carboxylic acids is 1. The minimum Gasteiger partial charge on any atom is -0.507 e. The van der Waals surface area contributed by atoms with Gasteiger partial charge in [-0.2, -0.15) is 0 Å². The highest BCUT2D eigenvalue weighted by Gasteiger charge is 2.19.